The number of benzene rings is 2. The van der Waals surface area contributed by atoms with Crippen LogP contribution in [0.15, 0.2) is 42.5 Å². The molecular weight excluding hydrogens is 192 g/mol. The molecule has 0 amide bonds. The minimum Gasteiger partial charge on any atom is -0.282 e. The molecular formula is C12H10OS. The lowest BCUT2D eigenvalue weighted by atomic mass is 10.1. The van der Waals surface area contributed by atoms with E-state index in [1.165, 1.54) is 11.8 Å². The lowest BCUT2D eigenvalue weighted by molar-refractivity contribution is 0.109. The number of hydrogen-bond acceptors (Lipinski definition) is 2. The Bertz CT molecular complexity index is 471. The first-order valence-corrected chi connectivity index (χ1v) is 5.61. The van der Waals surface area contributed by atoms with Crippen LogP contribution in [-0.2, 0) is 0 Å². The zero-order chi connectivity index (χ0) is 9.97. The van der Waals surface area contributed by atoms with Crippen molar-refractivity contribution in [2.24, 2.45) is 0 Å². The first kappa shape index (κ1) is 9.28. The number of carbonyl (C=O) groups is 1. The summed E-state index contributed by atoms with van der Waals surface area (Å²) in [6.07, 6.45) is 1.81. The summed E-state index contributed by atoms with van der Waals surface area (Å²) in [5.74, 6) is 0. The van der Waals surface area contributed by atoms with Gasteiger partial charge < -0.3 is 0 Å². The third-order valence-corrected chi connectivity index (χ3v) is 2.79. The van der Waals surface area contributed by atoms with E-state index in [0.717, 1.165) is 16.3 Å². The van der Waals surface area contributed by atoms with Gasteiger partial charge in [0, 0.05) is 5.56 Å². The first-order valence-electron chi connectivity index (χ1n) is 4.39. The van der Waals surface area contributed by atoms with Crippen molar-refractivity contribution in [3.63, 3.8) is 0 Å². The molecule has 0 saturated heterocycles. The van der Waals surface area contributed by atoms with Gasteiger partial charge in [-0.2, -0.15) is 0 Å². The van der Waals surface area contributed by atoms with E-state index in [0.29, 0.717) is 0 Å². The quantitative estimate of drug-likeness (QED) is 0.705. The minimum absolute atomic E-state index is 0.127. The molecule has 0 saturated carbocycles. The number of thioether (sulfide) groups is 1. The molecule has 70 valence electrons. The molecule has 0 atom stereocenters. The number of hydrogen-bond donors (Lipinski definition) is 0. The van der Waals surface area contributed by atoms with Crippen LogP contribution < -0.4 is 0 Å². The van der Waals surface area contributed by atoms with Crippen LogP contribution in [0.4, 0.5) is 0 Å². The van der Waals surface area contributed by atoms with Crippen molar-refractivity contribution in [1.29, 1.82) is 0 Å². The predicted octanol–water partition coefficient (Wildman–Crippen LogP) is 3.34. The highest BCUT2D eigenvalue weighted by atomic mass is 32.2. The Labute approximate surface area is 87.1 Å². The molecule has 2 aromatic carbocycles. The Morgan fingerprint density at radius 1 is 1.07 bits per heavy atom. The fourth-order valence-corrected chi connectivity index (χ4v) is 1.91. The molecule has 2 rings (SSSR count). The second kappa shape index (κ2) is 3.84. The van der Waals surface area contributed by atoms with E-state index >= 15 is 0 Å². The van der Waals surface area contributed by atoms with Gasteiger partial charge in [0.25, 0.3) is 0 Å². The molecule has 0 spiro atoms. The van der Waals surface area contributed by atoms with E-state index in [9.17, 15) is 4.79 Å². The van der Waals surface area contributed by atoms with Crippen molar-refractivity contribution >= 4 is 27.6 Å². The van der Waals surface area contributed by atoms with E-state index in [1.54, 1.807) is 0 Å². The molecule has 0 unspecified atom stereocenters. The van der Waals surface area contributed by atoms with Crippen molar-refractivity contribution in [2.75, 3.05) is 6.26 Å². The Balaban J connectivity index is 2.71. The van der Waals surface area contributed by atoms with Crippen molar-refractivity contribution < 1.29 is 4.79 Å². The zero-order valence-corrected chi connectivity index (χ0v) is 8.67. The lowest BCUT2D eigenvalue weighted by Crippen LogP contribution is -1.92. The molecule has 0 aliphatic carbocycles. The number of fused-ring (bicyclic) bond motifs is 1. The van der Waals surface area contributed by atoms with Crippen molar-refractivity contribution in [3.8, 4) is 0 Å². The average Bonchev–Trinajstić information content (AvgIpc) is 2.27. The molecule has 0 aliphatic heterocycles. The standard InChI is InChI=1S/C12H10OS/c1-14-12(13)11-8-4-6-9-5-2-3-7-10(9)11/h2-8H,1H3. The van der Waals surface area contributed by atoms with Gasteiger partial charge in [-0.3, -0.25) is 4.79 Å². The Kier molecular flexibility index (Phi) is 2.55. The molecule has 0 heterocycles. The fourth-order valence-electron chi connectivity index (χ4n) is 1.51. The summed E-state index contributed by atoms with van der Waals surface area (Å²) in [6.45, 7) is 0. The van der Waals surface area contributed by atoms with Gasteiger partial charge in [0.05, 0.1) is 0 Å². The van der Waals surface area contributed by atoms with Crippen molar-refractivity contribution in [1.82, 2.24) is 0 Å². The second-order valence-corrected chi connectivity index (χ2v) is 3.80. The number of carbonyl (C=O) groups excluding carboxylic acids is 1. The van der Waals surface area contributed by atoms with Gasteiger partial charge in [-0.1, -0.05) is 48.2 Å². The van der Waals surface area contributed by atoms with Crippen LogP contribution >= 0.6 is 11.8 Å². The second-order valence-electron chi connectivity index (χ2n) is 3.02. The average molecular weight is 202 g/mol. The summed E-state index contributed by atoms with van der Waals surface area (Å²) < 4.78 is 0. The normalized spacial score (nSPS) is 10.4. The molecule has 14 heavy (non-hydrogen) atoms. The van der Waals surface area contributed by atoms with Gasteiger partial charge in [0.1, 0.15) is 0 Å². The van der Waals surface area contributed by atoms with Gasteiger partial charge in [-0.05, 0) is 23.1 Å². The summed E-state index contributed by atoms with van der Waals surface area (Å²) in [4.78, 5) is 11.6. The topological polar surface area (TPSA) is 17.1 Å². The highest BCUT2D eigenvalue weighted by Gasteiger charge is 2.07. The highest BCUT2D eigenvalue weighted by molar-refractivity contribution is 8.13. The fraction of sp³-hybridized carbons (Fsp3) is 0.0833. The van der Waals surface area contributed by atoms with Gasteiger partial charge in [-0.25, -0.2) is 0 Å². The van der Waals surface area contributed by atoms with Gasteiger partial charge in [-0.15, -0.1) is 0 Å². The van der Waals surface area contributed by atoms with Crippen LogP contribution in [0.3, 0.4) is 0 Å². The van der Waals surface area contributed by atoms with Gasteiger partial charge in [0.2, 0.25) is 5.12 Å². The minimum atomic E-state index is 0.127. The highest BCUT2D eigenvalue weighted by Crippen LogP contribution is 2.21. The summed E-state index contributed by atoms with van der Waals surface area (Å²) in [7, 11) is 0. The molecule has 2 heteroatoms. The smallest absolute Gasteiger partial charge is 0.219 e. The monoisotopic (exact) mass is 202 g/mol. The van der Waals surface area contributed by atoms with E-state index < -0.39 is 0 Å². The van der Waals surface area contributed by atoms with Crippen LogP contribution in [0.1, 0.15) is 10.4 Å². The van der Waals surface area contributed by atoms with Crippen LogP contribution in [-0.4, -0.2) is 11.4 Å². The van der Waals surface area contributed by atoms with Gasteiger partial charge >= 0.3 is 0 Å². The molecule has 0 aromatic heterocycles. The van der Waals surface area contributed by atoms with E-state index in [4.69, 9.17) is 0 Å². The van der Waals surface area contributed by atoms with Gasteiger partial charge in [0.15, 0.2) is 0 Å². The van der Waals surface area contributed by atoms with Crippen molar-refractivity contribution in [2.45, 2.75) is 0 Å². The summed E-state index contributed by atoms with van der Waals surface area (Å²) >= 11 is 1.25. The predicted molar refractivity (Wildman–Crippen MR) is 61.8 cm³/mol. The van der Waals surface area contributed by atoms with E-state index in [1.807, 2.05) is 48.7 Å². The number of rotatable bonds is 1. The van der Waals surface area contributed by atoms with Crippen LogP contribution in [0, 0.1) is 0 Å². The molecule has 0 bridgehead atoms. The third-order valence-electron chi connectivity index (χ3n) is 2.19. The molecule has 0 fully saturated rings. The Morgan fingerprint density at radius 2 is 1.79 bits per heavy atom. The van der Waals surface area contributed by atoms with Crippen LogP contribution in [0.2, 0.25) is 0 Å². The SMILES string of the molecule is CSC(=O)c1cccc2ccccc12. The molecule has 2 aromatic rings. The lowest BCUT2D eigenvalue weighted by Gasteiger charge is -2.02. The largest absolute Gasteiger partial charge is 0.282 e. The Morgan fingerprint density at radius 3 is 2.57 bits per heavy atom. The molecule has 0 radical (unpaired) electrons. The van der Waals surface area contributed by atoms with Crippen LogP contribution in [0.5, 0.6) is 0 Å². The molecule has 1 nitrogen and oxygen atoms in total. The van der Waals surface area contributed by atoms with Crippen LogP contribution in [0.25, 0.3) is 10.8 Å². The summed E-state index contributed by atoms with van der Waals surface area (Å²) in [5, 5.41) is 2.28. The Hall–Kier alpha value is -1.28. The first-order chi connectivity index (χ1) is 6.83. The van der Waals surface area contributed by atoms with Crippen molar-refractivity contribution in [3.05, 3.63) is 48.0 Å². The molecule has 0 N–H and O–H groups in total. The third kappa shape index (κ3) is 1.53. The maximum atomic E-state index is 11.6. The molecule has 0 aliphatic rings. The van der Waals surface area contributed by atoms with E-state index in [2.05, 4.69) is 0 Å². The zero-order valence-electron chi connectivity index (χ0n) is 7.86. The summed E-state index contributed by atoms with van der Waals surface area (Å²) in [6, 6.07) is 13.8. The maximum absolute atomic E-state index is 11.6. The van der Waals surface area contributed by atoms with E-state index in [-0.39, 0.29) is 5.12 Å². The summed E-state index contributed by atoms with van der Waals surface area (Å²) in [5.41, 5.74) is 0.801. The maximum Gasteiger partial charge on any atom is 0.219 e.